The predicted octanol–water partition coefficient (Wildman–Crippen LogP) is 3.89. The molecule has 1 saturated carbocycles. The van der Waals surface area contributed by atoms with Crippen LogP contribution in [0.25, 0.3) is 0 Å². The summed E-state index contributed by atoms with van der Waals surface area (Å²) in [5, 5.41) is 0. The molecular formula is C20H27N3O3. The molecule has 0 saturated heterocycles. The largest absolute Gasteiger partial charge is 0.466 e. The average Bonchev–Trinajstić information content (AvgIpc) is 3.11. The van der Waals surface area contributed by atoms with E-state index in [4.69, 9.17) is 4.42 Å². The number of aromatic nitrogens is 1. The van der Waals surface area contributed by atoms with Crippen LogP contribution in [-0.4, -0.2) is 16.4 Å². The first-order chi connectivity index (χ1) is 12.4. The first-order valence-electron chi connectivity index (χ1n) is 9.24. The molecule has 2 aromatic rings. The summed E-state index contributed by atoms with van der Waals surface area (Å²) in [5.41, 5.74) is 8.08. The van der Waals surface area contributed by atoms with E-state index in [1.54, 1.807) is 19.9 Å². The third kappa shape index (κ3) is 3.54. The molecule has 26 heavy (non-hydrogen) atoms. The van der Waals surface area contributed by atoms with Gasteiger partial charge in [0.1, 0.15) is 11.5 Å². The molecule has 1 fully saturated rings. The number of carbonyl (C=O) groups excluding carboxylic acids is 2. The second kappa shape index (κ2) is 7.40. The summed E-state index contributed by atoms with van der Waals surface area (Å²) in [7, 11) is 0. The summed E-state index contributed by atoms with van der Waals surface area (Å²) in [6, 6.07) is 4.03. The molecular weight excluding hydrogens is 330 g/mol. The van der Waals surface area contributed by atoms with Gasteiger partial charge in [0.15, 0.2) is 0 Å². The van der Waals surface area contributed by atoms with Crippen LogP contribution in [0, 0.1) is 27.7 Å². The standard InChI is InChI=1S/C20H27N3O3/c1-12-10-17(14(3)23(12)16-8-6-5-7-9-16)19(24)21-22-20(25)18-11-13(2)26-15(18)4/h10-11,16H,5-9H2,1-4H3,(H,21,24)(H,22,25). The summed E-state index contributed by atoms with van der Waals surface area (Å²) in [5.74, 6) is 0.514. The Balaban J connectivity index is 1.70. The fourth-order valence-electron chi connectivity index (χ4n) is 4.01. The highest BCUT2D eigenvalue weighted by Gasteiger charge is 2.23. The number of nitrogens with zero attached hydrogens (tertiary/aromatic N) is 1. The predicted molar refractivity (Wildman–Crippen MR) is 99.1 cm³/mol. The summed E-state index contributed by atoms with van der Waals surface area (Å²) in [6.07, 6.45) is 6.09. The van der Waals surface area contributed by atoms with E-state index in [1.165, 1.54) is 19.3 Å². The van der Waals surface area contributed by atoms with Gasteiger partial charge >= 0.3 is 0 Å². The van der Waals surface area contributed by atoms with Crippen molar-refractivity contribution in [3.63, 3.8) is 0 Å². The van der Waals surface area contributed by atoms with Crippen molar-refractivity contribution in [1.82, 2.24) is 15.4 Å². The van der Waals surface area contributed by atoms with E-state index in [9.17, 15) is 9.59 Å². The SMILES string of the molecule is Cc1cc(C(=O)NNC(=O)c2cc(C)n(C3CCCCC3)c2C)c(C)o1. The number of carbonyl (C=O) groups is 2. The molecule has 1 aliphatic rings. The van der Waals surface area contributed by atoms with Crippen molar-refractivity contribution in [2.45, 2.75) is 65.8 Å². The molecule has 0 radical (unpaired) electrons. The van der Waals surface area contributed by atoms with Crippen molar-refractivity contribution >= 4 is 11.8 Å². The zero-order chi connectivity index (χ0) is 18.8. The van der Waals surface area contributed by atoms with Crippen LogP contribution in [0.1, 0.15) is 81.8 Å². The second-order valence-corrected chi connectivity index (χ2v) is 7.18. The van der Waals surface area contributed by atoms with Crippen molar-refractivity contribution in [3.8, 4) is 0 Å². The van der Waals surface area contributed by atoms with E-state index in [1.807, 2.05) is 19.9 Å². The van der Waals surface area contributed by atoms with Gasteiger partial charge in [-0.2, -0.15) is 0 Å². The molecule has 2 amide bonds. The molecule has 6 heteroatoms. The summed E-state index contributed by atoms with van der Waals surface area (Å²) >= 11 is 0. The van der Waals surface area contributed by atoms with E-state index >= 15 is 0 Å². The minimum Gasteiger partial charge on any atom is -0.466 e. The molecule has 0 aromatic carbocycles. The summed E-state index contributed by atoms with van der Waals surface area (Å²) in [6.45, 7) is 7.51. The molecule has 3 rings (SSSR count). The van der Waals surface area contributed by atoms with Gasteiger partial charge in [-0.15, -0.1) is 0 Å². The zero-order valence-corrected chi connectivity index (χ0v) is 15.9. The highest BCUT2D eigenvalue weighted by atomic mass is 16.3. The third-order valence-electron chi connectivity index (χ3n) is 5.24. The van der Waals surface area contributed by atoms with Crippen LogP contribution in [-0.2, 0) is 0 Å². The van der Waals surface area contributed by atoms with E-state index in [2.05, 4.69) is 15.4 Å². The molecule has 2 N–H and O–H groups in total. The van der Waals surface area contributed by atoms with E-state index in [-0.39, 0.29) is 11.8 Å². The maximum absolute atomic E-state index is 12.6. The Labute approximate surface area is 153 Å². The van der Waals surface area contributed by atoms with E-state index < -0.39 is 0 Å². The van der Waals surface area contributed by atoms with Crippen molar-refractivity contribution in [2.24, 2.45) is 0 Å². The Kier molecular flexibility index (Phi) is 5.20. The molecule has 0 aliphatic heterocycles. The fraction of sp³-hybridized carbons (Fsp3) is 0.500. The van der Waals surface area contributed by atoms with Gasteiger partial charge < -0.3 is 8.98 Å². The monoisotopic (exact) mass is 357 g/mol. The lowest BCUT2D eigenvalue weighted by Crippen LogP contribution is -2.41. The number of furan rings is 1. The second-order valence-electron chi connectivity index (χ2n) is 7.18. The van der Waals surface area contributed by atoms with Crippen LogP contribution < -0.4 is 10.9 Å². The van der Waals surface area contributed by atoms with Crippen LogP contribution in [0.5, 0.6) is 0 Å². The van der Waals surface area contributed by atoms with Crippen molar-refractivity contribution < 1.29 is 14.0 Å². The molecule has 0 unspecified atom stereocenters. The Morgan fingerprint density at radius 3 is 2.15 bits per heavy atom. The lowest BCUT2D eigenvalue weighted by Gasteiger charge is -2.26. The number of hydrogen-bond donors (Lipinski definition) is 2. The van der Waals surface area contributed by atoms with E-state index in [0.29, 0.717) is 28.7 Å². The Morgan fingerprint density at radius 1 is 0.962 bits per heavy atom. The van der Waals surface area contributed by atoms with Crippen LogP contribution in [0.2, 0.25) is 0 Å². The van der Waals surface area contributed by atoms with Crippen LogP contribution in [0.15, 0.2) is 16.5 Å². The molecule has 0 spiro atoms. The molecule has 2 heterocycles. The first-order valence-corrected chi connectivity index (χ1v) is 9.24. The fourth-order valence-corrected chi connectivity index (χ4v) is 4.01. The van der Waals surface area contributed by atoms with Gasteiger partial charge in [0.2, 0.25) is 0 Å². The molecule has 0 bridgehead atoms. The summed E-state index contributed by atoms with van der Waals surface area (Å²) < 4.78 is 7.63. The molecule has 140 valence electrons. The van der Waals surface area contributed by atoms with Crippen LogP contribution in [0.3, 0.4) is 0 Å². The third-order valence-corrected chi connectivity index (χ3v) is 5.24. The number of aryl methyl sites for hydroxylation is 3. The molecule has 0 atom stereocenters. The van der Waals surface area contributed by atoms with Crippen molar-refractivity contribution in [1.29, 1.82) is 0 Å². The lowest BCUT2D eigenvalue weighted by molar-refractivity contribution is 0.0845. The number of nitrogens with one attached hydrogen (secondary N) is 2. The Hall–Kier alpha value is -2.50. The average molecular weight is 357 g/mol. The Morgan fingerprint density at radius 2 is 1.58 bits per heavy atom. The van der Waals surface area contributed by atoms with Crippen LogP contribution in [0.4, 0.5) is 0 Å². The quantitative estimate of drug-likeness (QED) is 0.818. The van der Waals surface area contributed by atoms with Crippen molar-refractivity contribution in [3.05, 3.63) is 46.2 Å². The Bertz CT molecular complexity index is 826. The van der Waals surface area contributed by atoms with Gasteiger partial charge in [0.25, 0.3) is 11.8 Å². The van der Waals surface area contributed by atoms with Crippen LogP contribution >= 0.6 is 0 Å². The van der Waals surface area contributed by atoms with Gasteiger partial charge in [0, 0.05) is 17.4 Å². The van der Waals surface area contributed by atoms with Gasteiger partial charge in [-0.25, -0.2) is 0 Å². The van der Waals surface area contributed by atoms with Crippen molar-refractivity contribution in [2.75, 3.05) is 0 Å². The maximum Gasteiger partial charge on any atom is 0.273 e. The highest BCUT2D eigenvalue weighted by molar-refractivity contribution is 6.00. The smallest absolute Gasteiger partial charge is 0.273 e. The topological polar surface area (TPSA) is 76.3 Å². The molecule has 6 nitrogen and oxygen atoms in total. The molecule has 1 aliphatic carbocycles. The number of amides is 2. The number of hydrazine groups is 1. The number of rotatable bonds is 3. The maximum atomic E-state index is 12.6. The van der Waals surface area contributed by atoms with Gasteiger partial charge in [-0.1, -0.05) is 19.3 Å². The number of hydrogen-bond acceptors (Lipinski definition) is 3. The van der Waals surface area contributed by atoms with Gasteiger partial charge in [-0.3, -0.25) is 20.4 Å². The minimum absolute atomic E-state index is 0.300. The first kappa shape index (κ1) is 18.3. The normalized spacial score (nSPS) is 15.1. The van der Waals surface area contributed by atoms with Gasteiger partial charge in [-0.05, 0) is 52.7 Å². The highest BCUT2D eigenvalue weighted by Crippen LogP contribution is 2.32. The van der Waals surface area contributed by atoms with E-state index in [0.717, 1.165) is 24.2 Å². The summed E-state index contributed by atoms with van der Waals surface area (Å²) in [4.78, 5) is 24.8. The lowest BCUT2D eigenvalue weighted by atomic mass is 9.95. The molecule has 2 aromatic heterocycles. The van der Waals surface area contributed by atoms with Gasteiger partial charge in [0.05, 0.1) is 11.1 Å². The minimum atomic E-state index is -0.381. The zero-order valence-electron chi connectivity index (χ0n) is 15.9.